The fraction of sp³-hybridized carbons (Fsp3) is 0.417. The molecule has 0 atom stereocenters. The minimum Gasteiger partial charge on any atom is -0.396 e. The Bertz CT molecular complexity index is 584. The molecule has 0 bridgehead atoms. The minimum atomic E-state index is -3.88. The number of amides is 1. The number of primary sulfonamides is 1. The van der Waals surface area contributed by atoms with Gasteiger partial charge >= 0.3 is 0 Å². The molecule has 0 spiro atoms. The molecule has 1 aromatic rings. The van der Waals surface area contributed by atoms with Gasteiger partial charge in [0, 0.05) is 6.54 Å². The average molecular weight is 300 g/mol. The zero-order valence-corrected chi connectivity index (χ0v) is 12.3. The van der Waals surface area contributed by atoms with Crippen LogP contribution in [0.1, 0.15) is 13.8 Å². The highest BCUT2D eigenvalue weighted by Gasteiger charge is 2.15. The number of hydrogen-bond donors (Lipinski definition) is 4. The number of carbonyl (C=O) groups is 1. The highest BCUT2D eigenvalue weighted by atomic mass is 32.2. The first kappa shape index (κ1) is 16.3. The Labute approximate surface area is 118 Å². The monoisotopic (exact) mass is 300 g/mol. The standard InChI is InChI=1S/C12H20N4O3S/c1-8(2)6-16-11(17)7-15-9-4-3-5-10(12(9)13)20(14,18)19/h3-5,8,15H,6-7,13H2,1-2H3,(H,16,17)(H2,14,18,19). The third-order valence-corrected chi connectivity index (χ3v) is 3.49. The van der Waals surface area contributed by atoms with Crippen molar-refractivity contribution in [3.63, 3.8) is 0 Å². The van der Waals surface area contributed by atoms with Crippen molar-refractivity contribution in [3.05, 3.63) is 18.2 Å². The van der Waals surface area contributed by atoms with Crippen molar-refractivity contribution in [1.82, 2.24) is 5.32 Å². The van der Waals surface area contributed by atoms with E-state index in [9.17, 15) is 13.2 Å². The van der Waals surface area contributed by atoms with Crippen molar-refractivity contribution in [2.75, 3.05) is 24.1 Å². The van der Waals surface area contributed by atoms with Gasteiger partial charge in [0.2, 0.25) is 15.9 Å². The molecule has 0 saturated heterocycles. The molecule has 1 aromatic carbocycles. The summed E-state index contributed by atoms with van der Waals surface area (Å²) in [6.45, 7) is 4.56. The van der Waals surface area contributed by atoms with E-state index in [1.54, 1.807) is 6.07 Å². The van der Waals surface area contributed by atoms with Gasteiger partial charge in [-0.3, -0.25) is 4.79 Å². The fourth-order valence-corrected chi connectivity index (χ4v) is 2.19. The Morgan fingerprint density at radius 3 is 2.55 bits per heavy atom. The van der Waals surface area contributed by atoms with Gasteiger partial charge in [-0.2, -0.15) is 0 Å². The van der Waals surface area contributed by atoms with Crippen LogP contribution in [0.5, 0.6) is 0 Å². The fourth-order valence-electron chi connectivity index (χ4n) is 1.50. The molecule has 20 heavy (non-hydrogen) atoms. The zero-order valence-electron chi connectivity index (χ0n) is 11.5. The molecular weight excluding hydrogens is 280 g/mol. The maximum atomic E-state index is 11.6. The van der Waals surface area contributed by atoms with Crippen LogP contribution >= 0.6 is 0 Å². The van der Waals surface area contributed by atoms with Crippen LogP contribution in [0.25, 0.3) is 0 Å². The van der Waals surface area contributed by atoms with Crippen LogP contribution in [0.3, 0.4) is 0 Å². The van der Waals surface area contributed by atoms with Gasteiger partial charge in [0.15, 0.2) is 0 Å². The number of nitrogens with two attached hydrogens (primary N) is 2. The maximum Gasteiger partial charge on any atom is 0.240 e. The number of para-hydroxylation sites is 1. The maximum absolute atomic E-state index is 11.6. The van der Waals surface area contributed by atoms with Crippen LogP contribution < -0.4 is 21.5 Å². The number of carbonyl (C=O) groups excluding carboxylic acids is 1. The molecule has 1 amide bonds. The summed E-state index contributed by atoms with van der Waals surface area (Å²) in [7, 11) is -3.88. The first-order valence-electron chi connectivity index (χ1n) is 6.13. The summed E-state index contributed by atoms with van der Waals surface area (Å²) in [5, 5.41) is 10.6. The van der Waals surface area contributed by atoms with Gasteiger partial charge in [-0.25, -0.2) is 13.6 Å². The second-order valence-corrected chi connectivity index (χ2v) is 6.34. The largest absolute Gasteiger partial charge is 0.396 e. The molecule has 0 saturated carbocycles. The SMILES string of the molecule is CC(C)CNC(=O)CNc1cccc(S(N)(=O)=O)c1N. The molecule has 8 heteroatoms. The van der Waals surface area contributed by atoms with Crippen LogP contribution in [0, 0.1) is 5.92 Å². The summed E-state index contributed by atoms with van der Waals surface area (Å²) in [5.74, 6) is 0.161. The van der Waals surface area contributed by atoms with Gasteiger partial charge in [0.1, 0.15) is 4.90 Å². The highest BCUT2D eigenvalue weighted by molar-refractivity contribution is 7.89. The molecule has 112 valence electrons. The number of nitrogens with one attached hydrogen (secondary N) is 2. The van der Waals surface area contributed by atoms with Crippen molar-refractivity contribution in [2.45, 2.75) is 18.7 Å². The molecule has 1 rings (SSSR count). The van der Waals surface area contributed by atoms with Gasteiger partial charge in [-0.15, -0.1) is 0 Å². The van der Waals surface area contributed by atoms with Crippen molar-refractivity contribution >= 4 is 27.3 Å². The van der Waals surface area contributed by atoms with Gasteiger partial charge in [0.05, 0.1) is 17.9 Å². The molecule has 7 nitrogen and oxygen atoms in total. The van der Waals surface area contributed by atoms with Crippen LogP contribution in [0.4, 0.5) is 11.4 Å². The van der Waals surface area contributed by atoms with Gasteiger partial charge in [-0.1, -0.05) is 19.9 Å². The lowest BCUT2D eigenvalue weighted by Gasteiger charge is -2.12. The van der Waals surface area contributed by atoms with Gasteiger partial charge in [0.25, 0.3) is 0 Å². The second-order valence-electron chi connectivity index (χ2n) is 4.81. The summed E-state index contributed by atoms with van der Waals surface area (Å²) in [5.41, 5.74) is 6.09. The molecule has 6 N–H and O–H groups in total. The normalized spacial score (nSPS) is 11.4. The van der Waals surface area contributed by atoms with E-state index in [4.69, 9.17) is 10.9 Å². The zero-order chi connectivity index (χ0) is 15.3. The Balaban J connectivity index is 2.73. The second kappa shape index (κ2) is 6.58. The summed E-state index contributed by atoms with van der Waals surface area (Å²) in [6, 6.07) is 4.40. The highest BCUT2D eigenvalue weighted by Crippen LogP contribution is 2.25. The summed E-state index contributed by atoms with van der Waals surface area (Å²) < 4.78 is 22.6. The molecule has 0 radical (unpaired) electrons. The predicted molar refractivity (Wildman–Crippen MR) is 78.6 cm³/mol. The lowest BCUT2D eigenvalue weighted by Crippen LogP contribution is -2.32. The Kier molecular flexibility index (Phi) is 5.34. The van der Waals surface area contributed by atoms with Crippen LogP contribution in [-0.2, 0) is 14.8 Å². The number of nitrogen functional groups attached to an aromatic ring is 1. The summed E-state index contributed by atoms with van der Waals surface area (Å²) in [4.78, 5) is 11.4. The third-order valence-electron chi connectivity index (χ3n) is 2.52. The molecule has 0 aliphatic carbocycles. The summed E-state index contributed by atoms with van der Waals surface area (Å²) >= 11 is 0. The molecule has 0 fully saturated rings. The van der Waals surface area contributed by atoms with E-state index in [-0.39, 0.29) is 23.0 Å². The van der Waals surface area contributed by atoms with Crippen LogP contribution in [0.2, 0.25) is 0 Å². The van der Waals surface area contributed by atoms with E-state index in [1.807, 2.05) is 13.8 Å². The topological polar surface area (TPSA) is 127 Å². The summed E-state index contributed by atoms with van der Waals surface area (Å²) in [6.07, 6.45) is 0. The first-order valence-corrected chi connectivity index (χ1v) is 7.68. The Morgan fingerprint density at radius 2 is 2.00 bits per heavy atom. The molecule has 0 aliphatic heterocycles. The van der Waals surface area contributed by atoms with E-state index in [0.29, 0.717) is 18.2 Å². The third kappa shape index (κ3) is 4.71. The van der Waals surface area contributed by atoms with Crippen molar-refractivity contribution < 1.29 is 13.2 Å². The smallest absolute Gasteiger partial charge is 0.240 e. The van der Waals surface area contributed by atoms with E-state index in [0.717, 1.165) is 0 Å². The predicted octanol–water partition coefficient (Wildman–Crippen LogP) is 0.100. The quantitative estimate of drug-likeness (QED) is 0.554. The number of hydrogen-bond acceptors (Lipinski definition) is 5. The Hall–Kier alpha value is -1.80. The lowest BCUT2D eigenvalue weighted by molar-refractivity contribution is -0.119. The molecule has 0 aromatic heterocycles. The first-order chi connectivity index (χ1) is 9.21. The number of benzene rings is 1. The van der Waals surface area contributed by atoms with E-state index >= 15 is 0 Å². The average Bonchev–Trinajstić information content (AvgIpc) is 2.33. The number of anilines is 2. The minimum absolute atomic E-state index is 0.00495. The van der Waals surface area contributed by atoms with Gasteiger partial charge < -0.3 is 16.4 Å². The number of rotatable bonds is 6. The van der Waals surface area contributed by atoms with Crippen LogP contribution in [-0.4, -0.2) is 27.4 Å². The molecule has 0 heterocycles. The molecule has 0 unspecified atom stereocenters. The Morgan fingerprint density at radius 1 is 1.35 bits per heavy atom. The van der Waals surface area contributed by atoms with Gasteiger partial charge in [-0.05, 0) is 18.1 Å². The van der Waals surface area contributed by atoms with E-state index < -0.39 is 10.0 Å². The van der Waals surface area contributed by atoms with Crippen molar-refractivity contribution in [3.8, 4) is 0 Å². The van der Waals surface area contributed by atoms with E-state index in [1.165, 1.54) is 12.1 Å². The van der Waals surface area contributed by atoms with E-state index in [2.05, 4.69) is 10.6 Å². The molecule has 0 aliphatic rings. The van der Waals surface area contributed by atoms with Crippen molar-refractivity contribution in [2.24, 2.45) is 11.1 Å². The number of sulfonamides is 1. The lowest BCUT2D eigenvalue weighted by atomic mass is 10.2. The van der Waals surface area contributed by atoms with Crippen LogP contribution in [0.15, 0.2) is 23.1 Å². The van der Waals surface area contributed by atoms with Crippen molar-refractivity contribution in [1.29, 1.82) is 0 Å². The molecular formula is C12H20N4O3S.